The first kappa shape index (κ1) is 18.4. The minimum atomic E-state index is -0.587. The van der Waals surface area contributed by atoms with E-state index in [1.54, 1.807) is 17.1 Å². The lowest BCUT2D eigenvalue weighted by Gasteiger charge is -2.05. The Kier molecular flexibility index (Phi) is 5.71. The molecular formula is C20H18F2N4O. The predicted molar refractivity (Wildman–Crippen MR) is 98.6 cm³/mol. The zero-order valence-corrected chi connectivity index (χ0v) is 14.7. The Morgan fingerprint density at radius 2 is 2.11 bits per heavy atom. The average molecular weight is 368 g/mol. The summed E-state index contributed by atoms with van der Waals surface area (Å²) in [4.78, 5) is 15.9. The van der Waals surface area contributed by atoms with Crippen molar-refractivity contribution in [3.8, 4) is 11.3 Å². The molecule has 0 radical (unpaired) electrons. The van der Waals surface area contributed by atoms with Crippen LogP contribution in [0, 0.1) is 18.6 Å². The number of aromatic nitrogens is 3. The van der Waals surface area contributed by atoms with E-state index in [1.807, 2.05) is 25.1 Å². The molecule has 1 aromatic carbocycles. The van der Waals surface area contributed by atoms with Crippen molar-refractivity contribution in [2.24, 2.45) is 0 Å². The van der Waals surface area contributed by atoms with Crippen LogP contribution in [0.3, 0.4) is 0 Å². The second-order valence-corrected chi connectivity index (χ2v) is 5.93. The maximum Gasteiger partial charge on any atom is 0.244 e. The Morgan fingerprint density at radius 3 is 2.89 bits per heavy atom. The Bertz CT molecular complexity index is 967. The van der Waals surface area contributed by atoms with Crippen LogP contribution in [0.15, 0.2) is 54.9 Å². The molecule has 138 valence electrons. The van der Waals surface area contributed by atoms with Crippen molar-refractivity contribution in [1.29, 1.82) is 0 Å². The molecule has 0 aliphatic carbocycles. The third-order valence-corrected chi connectivity index (χ3v) is 3.93. The second kappa shape index (κ2) is 8.35. The third kappa shape index (κ3) is 4.84. The molecule has 0 atom stereocenters. The van der Waals surface area contributed by atoms with E-state index in [0.717, 1.165) is 35.2 Å². The number of hydrogen-bond donors (Lipinski definition) is 1. The van der Waals surface area contributed by atoms with Crippen molar-refractivity contribution >= 4 is 12.0 Å². The third-order valence-electron chi connectivity index (χ3n) is 3.93. The number of carbonyl (C=O) groups is 1. The maximum atomic E-state index is 13.5. The number of nitrogens with one attached hydrogen (secondary N) is 1. The fourth-order valence-electron chi connectivity index (χ4n) is 2.54. The molecule has 1 amide bonds. The number of nitrogens with zero attached hydrogens (tertiary/aromatic N) is 3. The molecule has 3 rings (SSSR count). The Morgan fingerprint density at radius 1 is 1.26 bits per heavy atom. The normalized spacial score (nSPS) is 11.1. The van der Waals surface area contributed by atoms with Gasteiger partial charge in [-0.1, -0.05) is 0 Å². The van der Waals surface area contributed by atoms with E-state index in [1.165, 1.54) is 12.2 Å². The summed E-state index contributed by atoms with van der Waals surface area (Å²) in [6, 6.07) is 8.80. The van der Waals surface area contributed by atoms with Crippen molar-refractivity contribution in [2.45, 2.75) is 13.5 Å². The number of amides is 1. The number of carbonyl (C=O) groups excluding carboxylic acids is 1. The van der Waals surface area contributed by atoms with Crippen molar-refractivity contribution in [3.05, 3.63) is 77.8 Å². The quantitative estimate of drug-likeness (QED) is 0.679. The van der Waals surface area contributed by atoms with Crippen LogP contribution < -0.4 is 5.32 Å². The van der Waals surface area contributed by atoms with Gasteiger partial charge in [0.15, 0.2) is 0 Å². The smallest absolute Gasteiger partial charge is 0.244 e. The first-order valence-electron chi connectivity index (χ1n) is 8.39. The summed E-state index contributed by atoms with van der Waals surface area (Å²) >= 11 is 0. The molecule has 27 heavy (non-hydrogen) atoms. The minimum Gasteiger partial charge on any atom is -0.351 e. The summed E-state index contributed by atoms with van der Waals surface area (Å²) in [5.74, 6) is -1.54. The summed E-state index contributed by atoms with van der Waals surface area (Å²) in [5, 5.41) is 7.20. The fraction of sp³-hybridized carbons (Fsp3) is 0.150. The van der Waals surface area contributed by atoms with Crippen LogP contribution in [-0.4, -0.2) is 27.2 Å². The largest absolute Gasteiger partial charge is 0.351 e. The molecular weight excluding hydrogens is 350 g/mol. The van der Waals surface area contributed by atoms with E-state index >= 15 is 0 Å². The predicted octanol–water partition coefficient (Wildman–Crippen LogP) is 3.36. The number of hydrogen-bond acceptors (Lipinski definition) is 3. The van der Waals surface area contributed by atoms with E-state index in [4.69, 9.17) is 0 Å². The van der Waals surface area contributed by atoms with Gasteiger partial charge in [0.05, 0.1) is 12.2 Å². The summed E-state index contributed by atoms with van der Waals surface area (Å²) in [7, 11) is 0. The summed E-state index contributed by atoms with van der Waals surface area (Å²) < 4.78 is 28.4. The topological polar surface area (TPSA) is 59.8 Å². The minimum absolute atomic E-state index is 0.0224. The molecule has 5 nitrogen and oxygen atoms in total. The highest BCUT2D eigenvalue weighted by Gasteiger charge is 2.07. The molecule has 0 saturated carbocycles. The van der Waals surface area contributed by atoms with Crippen molar-refractivity contribution in [3.63, 3.8) is 0 Å². The lowest BCUT2D eigenvalue weighted by molar-refractivity contribution is -0.116. The Hall–Kier alpha value is -3.35. The Labute approximate surface area is 155 Å². The van der Waals surface area contributed by atoms with Crippen molar-refractivity contribution < 1.29 is 13.6 Å². The van der Waals surface area contributed by atoms with Gasteiger partial charge in [-0.25, -0.2) is 8.78 Å². The van der Waals surface area contributed by atoms with Gasteiger partial charge < -0.3 is 5.32 Å². The van der Waals surface area contributed by atoms with Crippen LogP contribution in [0.5, 0.6) is 0 Å². The average Bonchev–Trinajstić information content (AvgIpc) is 3.04. The highest BCUT2D eigenvalue weighted by Crippen LogP contribution is 2.17. The van der Waals surface area contributed by atoms with Crippen LogP contribution in [0.1, 0.15) is 11.3 Å². The molecule has 1 N–H and O–H groups in total. The van der Waals surface area contributed by atoms with Gasteiger partial charge in [0.1, 0.15) is 11.6 Å². The molecule has 0 spiro atoms. The van der Waals surface area contributed by atoms with Gasteiger partial charge >= 0.3 is 0 Å². The zero-order valence-electron chi connectivity index (χ0n) is 14.7. The van der Waals surface area contributed by atoms with E-state index in [-0.39, 0.29) is 5.56 Å². The monoisotopic (exact) mass is 368 g/mol. The van der Waals surface area contributed by atoms with Gasteiger partial charge in [0.2, 0.25) is 5.91 Å². The molecule has 0 aliphatic heterocycles. The molecule has 3 aromatic rings. The maximum absolute atomic E-state index is 13.5. The molecule has 0 saturated heterocycles. The first-order valence-corrected chi connectivity index (χ1v) is 8.39. The molecule has 2 aromatic heterocycles. The molecule has 0 bridgehead atoms. The number of rotatable bonds is 6. The summed E-state index contributed by atoms with van der Waals surface area (Å²) in [6.07, 6.45) is 5.86. The number of pyridine rings is 1. The van der Waals surface area contributed by atoms with Gasteiger partial charge in [0, 0.05) is 41.8 Å². The molecule has 7 heteroatoms. The van der Waals surface area contributed by atoms with Gasteiger partial charge in [-0.2, -0.15) is 5.10 Å². The van der Waals surface area contributed by atoms with Crippen LogP contribution in [0.25, 0.3) is 17.3 Å². The SMILES string of the molecule is Cc1cc(-c2cccnc2)nn1CCNC(=O)C=Cc1cc(F)ccc1F. The van der Waals surface area contributed by atoms with E-state index in [2.05, 4.69) is 15.4 Å². The van der Waals surface area contributed by atoms with E-state index < -0.39 is 17.5 Å². The number of benzene rings is 1. The zero-order chi connectivity index (χ0) is 19.2. The van der Waals surface area contributed by atoms with Gasteiger partial charge in [0.25, 0.3) is 0 Å². The standard InChI is InChI=1S/C20H18F2N4O/c1-14-11-19(16-3-2-8-23-13-16)25-26(14)10-9-24-20(27)7-4-15-12-17(21)5-6-18(15)22/h2-8,11-13H,9-10H2,1H3,(H,24,27). The van der Waals surface area contributed by atoms with Crippen LogP contribution in [0.2, 0.25) is 0 Å². The molecule has 0 unspecified atom stereocenters. The lowest BCUT2D eigenvalue weighted by atomic mass is 10.2. The van der Waals surface area contributed by atoms with Crippen molar-refractivity contribution in [1.82, 2.24) is 20.1 Å². The molecule has 0 aliphatic rings. The number of aryl methyl sites for hydroxylation is 1. The summed E-state index contributed by atoms with van der Waals surface area (Å²) in [6.45, 7) is 2.77. The van der Waals surface area contributed by atoms with E-state index in [9.17, 15) is 13.6 Å². The van der Waals surface area contributed by atoms with Gasteiger partial charge in [-0.15, -0.1) is 0 Å². The van der Waals surface area contributed by atoms with E-state index in [0.29, 0.717) is 13.1 Å². The van der Waals surface area contributed by atoms with Crippen LogP contribution in [-0.2, 0) is 11.3 Å². The summed E-state index contributed by atoms with van der Waals surface area (Å²) in [5.41, 5.74) is 2.71. The highest BCUT2D eigenvalue weighted by atomic mass is 19.1. The van der Waals surface area contributed by atoms with Crippen molar-refractivity contribution in [2.75, 3.05) is 6.54 Å². The molecule has 2 heterocycles. The van der Waals surface area contributed by atoms with Gasteiger partial charge in [-0.3, -0.25) is 14.5 Å². The number of halogens is 2. The molecule has 0 fully saturated rings. The van der Waals surface area contributed by atoms with Crippen LogP contribution in [0.4, 0.5) is 8.78 Å². The van der Waals surface area contributed by atoms with Gasteiger partial charge in [-0.05, 0) is 49.4 Å². The fourth-order valence-corrected chi connectivity index (χ4v) is 2.54. The Balaban J connectivity index is 1.55. The second-order valence-electron chi connectivity index (χ2n) is 5.93. The lowest BCUT2D eigenvalue weighted by Crippen LogP contribution is -2.26. The highest BCUT2D eigenvalue weighted by molar-refractivity contribution is 5.91. The van der Waals surface area contributed by atoms with Crippen LogP contribution >= 0.6 is 0 Å². The first-order chi connectivity index (χ1) is 13.0.